The molecule has 0 aromatic carbocycles. The molecule has 2 N–H and O–H groups in total. The summed E-state index contributed by atoms with van der Waals surface area (Å²) in [5.41, 5.74) is 9.19. The van der Waals surface area contributed by atoms with Crippen molar-refractivity contribution in [3.8, 4) is 0 Å². The van der Waals surface area contributed by atoms with Gasteiger partial charge in [-0.05, 0) is 38.8 Å². The summed E-state index contributed by atoms with van der Waals surface area (Å²) in [7, 11) is 0. The molecule has 1 fully saturated rings. The van der Waals surface area contributed by atoms with E-state index in [9.17, 15) is 0 Å². The highest BCUT2D eigenvalue weighted by Gasteiger charge is 2.15. The summed E-state index contributed by atoms with van der Waals surface area (Å²) in [4.78, 5) is 20.3. The van der Waals surface area contributed by atoms with Gasteiger partial charge in [-0.1, -0.05) is 13.8 Å². The van der Waals surface area contributed by atoms with Crippen LogP contribution in [0.4, 0.5) is 5.82 Å². The molecule has 28 heavy (non-hydrogen) atoms. The van der Waals surface area contributed by atoms with E-state index in [1.807, 2.05) is 45.9 Å². The minimum atomic E-state index is 0.390. The summed E-state index contributed by atoms with van der Waals surface area (Å²) in [6, 6.07) is 1.98. The number of aromatic nitrogens is 6. The molecular formula is C20H28N8. The van der Waals surface area contributed by atoms with E-state index >= 15 is 0 Å². The second-order valence-electron chi connectivity index (χ2n) is 6.50. The largest absolute Gasteiger partial charge is 0.356 e. The van der Waals surface area contributed by atoms with Crippen LogP contribution in [-0.2, 0) is 6.54 Å². The van der Waals surface area contributed by atoms with Gasteiger partial charge in [-0.3, -0.25) is 4.98 Å². The van der Waals surface area contributed by atoms with Gasteiger partial charge in [0.05, 0.1) is 17.1 Å². The highest BCUT2D eigenvalue weighted by Crippen LogP contribution is 2.19. The van der Waals surface area contributed by atoms with E-state index in [0.29, 0.717) is 18.2 Å². The van der Waals surface area contributed by atoms with Crippen molar-refractivity contribution >= 4 is 23.6 Å². The van der Waals surface area contributed by atoms with E-state index in [1.54, 1.807) is 10.7 Å². The number of fused-ring (bicyclic) bond motifs is 1. The second-order valence-corrected chi connectivity index (χ2v) is 6.50. The Hall–Kier alpha value is -2.87. The van der Waals surface area contributed by atoms with Gasteiger partial charge in [0, 0.05) is 31.9 Å². The molecule has 1 saturated heterocycles. The van der Waals surface area contributed by atoms with Crippen LogP contribution in [0.3, 0.4) is 0 Å². The van der Waals surface area contributed by atoms with Gasteiger partial charge >= 0.3 is 0 Å². The predicted octanol–water partition coefficient (Wildman–Crippen LogP) is 2.79. The van der Waals surface area contributed by atoms with Gasteiger partial charge in [-0.25, -0.2) is 19.5 Å². The Morgan fingerprint density at radius 1 is 1.04 bits per heavy atom. The van der Waals surface area contributed by atoms with Crippen molar-refractivity contribution < 1.29 is 0 Å². The lowest BCUT2D eigenvalue weighted by molar-refractivity contribution is 0.883. The summed E-state index contributed by atoms with van der Waals surface area (Å²) in [5.74, 6) is 2.17. The van der Waals surface area contributed by atoms with Crippen LogP contribution >= 0.6 is 0 Å². The summed E-state index contributed by atoms with van der Waals surface area (Å²) < 4.78 is 1.80. The first-order valence-corrected chi connectivity index (χ1v) is 9.84. The van der Waals surface area contributed by atoms with E-state index in [4.69, 9.17) is 5.73 Å². The van der Waals surface area contributed by atoms with Crippen LogP contribution in [0, 0.1) is 13.8 Å². The average molecular weight is 381 g/mol. The zero-order valence-electron chi connectivity index (χ0n) is 17.1. The molecule has 0 atom stereocenters. The summed E-state index contributed by atoms with van der Waals surface area (Å²) in [6.45, 7) is 10.3. The van der Waals surface area contributed by atoms with Gasteiger partial charge in [-0.15, -0.1) is 5.10 Å². The third-order valence-corrected chi connectivity index (χ3v) is 4.53. The molecule has 1 aliphatic rings. The maximum atomic E-state index is 5.81. The molecule has 8 heteroatoms. The fourth-order valence-corrected chi connectivity index (χ4v) is 3.12. The van der Waals surface area contributed by atoms with Crippen LogP contribution in [0.1, 0.15) is 55.4 Å². The molecule has 8 nitrogen and oxygen atoms in total. The fraction of sp³-hybridized carbons (Fsp3) is 0.450. The molecule has 148 valence electrons. The minimum Gasteiger partial charge on any atom is -0.356 e. The molecule has 3 aromatic rings. The Labute approximate surface area is 165 Å². The molecular weight excluding hydrogens is 352 g/mol. The first-order chi connectivity index (χ1) is 13.6. The van der Waals surface area contributed by atoms with E-state index in [1.165, 1.54) is 12.8 Å². The lowest BCUT2D eigenvalue weighted by Gasteiger charge is -2.17. The first-order valence-electron chi connectivity index (χ1n) is 9.84. The van der Waals surface area contributed by atoms with E-state index in [0.717, 1.165) is 41.6 Å². The molecule has 4 rings (SSSR count). The standard InChI is InChI=1S/C18H22N8.C2H6/c1-12-11-20-13(2)18-23-16(24-26(12)18)6-5-15-21-14(10-19)9-17(22-15)25-7-3-4-8-25;1-2/h5-6,9,11H,3-4,7-8,10,19H2,1-2H3;1-2H3/b6-5+;. The lowest BCUT2D eigenvalue weighted by atomic mass is 10.3. The van der Waals surface area contributed by atoms with Crippen LogP contribution in [-0.4, -0.2) is 42.6 Å². The van der Waals surface area contributed by atoms with Crippen molar-refractivity contribution in [2.45, 2.75) is 47.1 Å². The first kappa shape index (κ1) is 19.9. The summed E-state index contributed by atoms with van der Waals surface area (Å²) in [5, 5.41) is 4.52. The number of aryl methyl sites for hydroxylation is 2. The third-order valence-electron chi connectivity index (χ3n) is 4.53. The number of rotatable bonds is 4. The van der Waals surface area contributed by atoms with E-state index in [2.05, 4.69) is 29.9 Å². The molecule has 0 saturated carbocycles. The van der Waals surface area contributed by atoms with Crippen molar-refractivity contribution in [2.75, 3.05) is 18.0 Å². The molecule has 0 bridgehead atoms. The normalized spacial score (nSPS) is 14.0. The smallest absolute Gasteiger partial charge is 0.177 e. The number of anilines is 1. The molecule has 0 amide bonds. The van der Waals surface area contributed by atoms with Gasteiger partial charge in [-0.2, -0.15) is 0 Å². The van der Waals surface area contributed by atoms with Crippen LogP contribution in [0.5, 0.6) is 0 Å². The number of hydrogen-bond donors (Lipinski definition) is 1. The molecule has 0 unspecified atom stereocenters. The van der Waals surface area contributed by atoms with Crippen molar-refractivity contribution in [1.82, 2.24) is 29.5 Å². The van der Waals surface area contributed by atoms with Crippen molar-refractivity contribution in [3.05, 3.63) is 41.0 Å². The summed E-state index contributed by atoms with van der Waals surface area (Å²) >= 11 is 0. The minimum absolute atomic E-state index is 0.390. The maximum Gasteiger partial charge on any atom is 0.177 e. The van der Waals surface area contributed by atoms with Crippen molar-refractivity contribution in [2.24, 2.45) is 5.73 Å². The van der Waals surface area contributed by atoms with Crippen LogP contribution in [0.25, 0.3) is 17.8 Å². The number of hydrogen-bond acceptors (Lipinski definition) is 7. The lowest BCUT2D eigenvalue weighted by Crippen LogP contribution is -2.20. The zero-order valence-corrected chi connectivity index (χ0v) is 17.1. The highest BCUT2D eigenvalue weighted by molar-refractivity contribution is 5.65. The zero-order chi connectivity index (χ0) is 20.1. The molecule has 0 aliphatic carbocycles. The Morgan fingerprint density at radius 3 is 2.43 bits per heavy atom. The Morgan fingerprint density at radius 2 is 1.75 bits per heavy atom. The van der Waals surface area contributed by atoms with Crippen LogP contribution in [0.2, 0.25) is 0 Å². The second kappa shape index (κ2) is 8.88. The summed E-state index contributed by atoms with van der Waals surface area (Å²) in [6.07, 6.45) is 7.86. The molecule has 0 spiro atoms. The van der Waals surface area contributed by atoms with Crippen LogP contribution in [0.15, 0.2) is 12.3 Å². The van der Waals surface area contributed by atoms with Gasteiger partial charge in [0.2, 0.25) is 0 Å². The van der Waals surface area contributed by atoms with Gasteiger partial charge in [0.25, 0.3) is 0 Å². The van der Waals surface area contributed by atoms with Gasteiger partial charge in [0.15, 0.2) is 17.3 Å². The Balaban J connectivity index is 0.00000109. The SMILES string of the molecule is CC.Cc1ncc(C)n2nc(/C=C/c3nc(CN)cc(N4CCCC4)n3)nc12. The Bertz CT molecular complexity index is 931. The highest BCUT2D eigenvalue weighted by atomic mass is 15.3. The van der Waals surface area contributed by atoms with Gasteiger partial charge in [0.1, 0.15) is 5.82 Å². The number of nitrogens with zero attached hydrogens (tertiary/aromatic N) is 7. The average Bonchev–Trinajstić information content (AvgIpc) is 3.41. The monoisotopic (exact) mass is 380 g/mol. The van der Waals surface area contributed by atoms with Crippen molar-refractivity contribution in [1.29, 1.82) is 0 Å². The predicted molar refractivity (Wildman–Crippen MR) is 112 cm³/mol. The molecule has 3 aromatic heterocycles. The molecule has 1 aliphatic heterocycles. The quantitative estimate of drug-likeness (QED) is 0.743. The fourth-order valence-electron chi connectivity index (χ4n) is 3.12. The maximum absolute atomic E-state index is 5.81. The number of nitrogens with two attached hydrogens (primary N) is 1. The van der Waals surface area contributed by atoms with Crippen molar-refractivity contribution in [3.63, 3.8) is 0 Å². The topological polar surface area (TPSA) is 98.1 Å². The molecule has 0 radical (unpaired) electrons. The van der Waals surface area contributed by atoms with E-state index < -0.39 is 0 Å². The molecule has 4 heterocycles. The van der Waals surface area contributed by atoms with Crippen LogP contribution < -0.4 is 10.6 Å². The van der Waals surface area contributed by atoms with E-state index in [-0.39, 0.29) is 0 Å². The Kier molecular flexibility index (Phi) is 6.30. The van der Waals surface area contributed by atoms with Gasteiger partial charge < -0.3 is 10.6 Å². The third kappa shape index (κ3) is 4.17.